The Morgan fingerprint density at radius 3 is 1.93 bits per heavy atom. The van der Waals surface area contributed by atoms with Gasteiger partial charge in [0, 0.05) is 21.6 Å². The number of nitrogens with zero attached hydrogens (tertiary/aromatic N) is 2. The van der Waals surface area contributed by atoms with Crippen LogP contribution in [0.2, 0.25) is 0 Å². The lowest BCUT2D eigenvalue weighted by Gasteiger charge is -2.27. The molecule has 0 fully saturated rings. The lowest BCUT2D eigenvalue weighted by atomic mass is 9.83. The lowest BCUT2D eigenvalue weighted by molar-refractivity contribution is 0.741. The second-order valence-corrected chi connectivity index (χ2v) is 11.7. The Morgan fingerprint density at radius 2 is 1.24 bits per heavy atom. The van der Waals surface area contributed by atoms with Crippen molar-refractivity contribution in [3.8, 4) is 22.5 Å². The van der Waals surface area contributed by atoms with Crippen molar-refractivity contribution in [2.75, 3.05) is 0 Å². The van der Waals surface area contributed by atoms with E-state index in [0.29, 0.717) is 0 Å². The molecule has 2 aliphatic rings. The van der Waals surface area contributed by atoms with Crippen LogP contribution in [0.1, 0.15) is 33.8 Å². The minimum absolute atomic E-state index is 0.0519. The van der Waals surface area contributed by atoms with E-state index in [9.17, 15) is 0 Å². The molecule has 3 nitrogen and oxygen atoms in total. The predicted octanol–water partition coefficient (Wildman–Crippen LogP) is 9.01. The first-order chi connectivity index (χ1) is 20.3. The van der Waals surface area contributed by atoms with E-state index >= 15 is 0 Å². The fourth-order valence-electron chi connectivity index (χ4n) is 6.09. The van der Waals surface area contributed by atoms with Crippen molar-refractivity contribution >= 4 is 28.2 Å². The normalized spacial score (nSPS) is 17.7. The molecule has 41 heavy (non-hydrogen) atoms. The second kappa shape index (κ2) is 10.1. The summed E-state index contributed by atoms with van der Waals surface area (Å²) in [5.74, 6) is 0.926. The SMILES string of the molecule is c1ccc(-c2cc(-c3ccccc3)nc(C3Cc4ccc5ccccc5c4C4=C3SC(c3ccccc3)N4)n2)cc1. The molecule has 0 bridgehead atoms. The van der Waals surface area contributed by atoms with E-state index < -0.39 is 0 Å². The van der Waals surface area contributed by atoms with Gasteiger partial charge in [-0.1, -0.05) is 139 Å². The fourth-order valence-corrected chi connectivity index (χ4v) is 7.44. The smallest absolute Gasteiger partial charge is 0.138 e. The van der Waals surface area contributed by atoms with Gasteiger partial charge in [-0.25, -0.2) is 9.97 Å². The molecule has 0 saturated heterocycles. The Labute approximate surface area is 244 Å². The van der Waals surface area contributed by atoms with Crippen LogP contribution in [0.5, 0.6) is 0 Å². The van der Waals surface area contributed by atoms with Crippen molar-refractivity contribution in [2.45, 2.75) is 17.7 Å². The van der Waals surface area contributed by atoms with Crippen LogP contribution < -0.4 is 5.32 Å². The predicted molar refractivity (Wildman–Crippen MR) is 170 cm³/mol. The Bertz CT molecular complexity index is 1860. The molecule has 4 heteroatoms. The van der Waals surface area contributed by atoms with E-state index in [1.165, 1.54) is 38.1 Å². The first-order valence-corrected chi connectivity index (χ1v) is 14.9. The van der Waals surface area contributed by atoms with Gasteiger partial charge in [-0.05, 0) is 34.4 Å². The van der Waals surface area contributed by atoms with Gasteiger partial charge in [-0.15, -0.1) is 0 Å². The monoisotopic (exact) mass is 545 g/mol. The molecule has 2 unspecified atom stereocenters. The Balaban J connectivity index is 1.32. The van der Waals surface area contributed by atoms with Crippen molar-refractivity contribution < 1.29 is 0 Å². The minimum atomic E-state index is 0.0519. The molecule has 1 N–H and O–H groups in total. The van der Waals surface area contributed by atoms with Gasteiger partial charge >= 0.3 is 0 Å². The highest BCUT2D eigenvalue weighted by Gasteiger charge is 2.38. The molecule has 2 heterocycles. The molecule has 6 aromatic rings. The van der Waals surface area contributed by atoms with Crippen LogP contribution in [0.25, 0.3) is 39.0 Å². The van der Waals surface area contributed by atoms with Gasteiger partial charge in [0.15, 0.2) is 0 Å². The highest BCUT2D eigenvalue weighted by atomic mass is 32.2. The Kier molecular flexibility index (Phi) is 5.93. The topological polar surface area (TPSA) is 37.8 Å². The van der Waals surface area contributed by atoms with E-state index in [1.54, 1.807) is 0 Å². The average Bonchev–Trinajstić information content (AvgIpc) is 3.51. The van der Waals surface area contributed by atoms with E-state index in [2.05, 4.69) is 127 Å². The molecular weight excluding hydrogens is 518 g/mol. The summed E-state index contributed by atoms with van der Waals surface area (Å²) < 4.78 is 0. The maximum absolute atomic E-state index is 5.26. The maximum Gasteiger partial charge on any atom is 0.138 e. The largest absolute Gasteiger partial charge is 0.368 e. The Hall–Kier alpha value is -4.67. The number of fused-ring (bicyclic) bond motifs is 4. The number of allylic oxidation sites excluding steroid dienone is 1. The third-order valence-electron chi connectivity index (χ3n) is 8.07. The van der Waals surface area contributed by atoms with Crippen LogP contribution in [0, 0.1) is 0 Å². The zero-order valence-corrected chi connectivity index (χ0v) is 23.2. The summed E-state index contributed by atoms with van der Waals surface area (Å²) in [6.45, 7) is 0. The van der Waals surface area contributed by atoms with Crippen LogP contribution in [0.15, 0.2) is 138 Å². The summed E-state index contributed by atoms with van der Waals surface area (Å²) in [7, 11) is 0. The molecule has 1 aliphatic carbocycles. The maximum atomic E-state index is 5.26. The first-order valence-electron chi connectivity index (χ1n) is 14.0. The molecule has 0 amide bonds. The molecule has 0 saturated carbocycles. The number of thioether (sulfide) groups is 1. The lowest BCUT2D eigenvalue weighted by Crippen LogP contribution is -2.19. The molecule has 196 valence electrons. The number of nitrogens with one attached hydrogen (secondary N) is 1. The van der Waals surface area contributed by atoms with Crippen molar-refractivity contribution in [2.24, 2.45) is 0 Å². The number of benzene rings is 5. The number of aromatic nitrogens is 2. The van der Waals surface area contributed by atoms with Gasteiger partial charge in [-0.2, -0.15) is 0 Å². The van der Waals surface area contributed by atoms with Crippen molar-refractivity contribution in [1.29, 1.82) is 0 Å². The minimum Gasteiger partial charge on any atom is -0.368 e. The van der Waals surface area contributed by atoms with Crippen LogP contribution in [0.3, 0.4) is 0 Å². The third kappa shape index (κ3) is 4.32. The van der Waals surface area contributed by atoms with Crippen LogP contribution in [-0.4, -0.2) is 9.97 Å². The zero-order chi connectivity index (χ0) is 27.2. The third-order valence-corrected chi connectivity index (χ3v) is 9.44. The summed E-state index contributed by atoms with van der Waals surface area (Å²) in [5, 5.41) is 6.63. The molecule has 1 aromatic heterocycles. The molecule has 0 spiro atoms. The number of hydrogen-bond acceptors (Lipinski definition) is 4. The summed E-state index contributed by atoms with van der Waals surface area (Å²) in [6, 6.07) is 47.0. The number of rotatable bonds is 4. The van der Waals surface area contributed by atoms with Crippen molar-refractivity contribution in [1.82, 2.24) is 15.3 Å². The van der Waals surface area contributed by atoms with Crippen LogP contribution >= 0.6 is 11.8 Å². The van der Waals surface area contributed by atoms with Gasteiger partial charge in [0.05, 0.1) is 23.0 Å². The van der Waals surface area contributed by atoms with Crippen molar-refractivity contribution in [3.63, 3.8) is 0 Å². The summed E-state index contributed by atoms with van der Waals surface area (Å²) in [6.07, 6.45) is 0.863. The molecule has 2 atom stereocenters. The molecule has 8 rings (SSSR count). The van der Waals surface area contributed by atoms with Gasteiger partial charge in [0.2, 0.25) is 0 Å². The quantitative estimate of drug-likeness (QED) is 0.240. The van der Waals surface area contributed by atoms with Gasteiger partial charge in [-0.3, -0.25) is 0 Å². The molecule has 5 aromatic carbocycles. The van der Waals surface area contributed by atoms with Crippen LogP contribution in [-0.2, 0) is 6.42 Å². The van der Waals surface area contributed by atoms with E-state index in [1.807, 2.05) is 23.9 Å². The highest BCUT2D eigenvalue weighted by molar-refractivity contribution is 8.03. The summed E-state index contributed by atoms with van der Waals surface area (Å²) >= 11 is 1.91. The fraction of sp³-hybridized carbons (Fsp3) is 0.0811. The van der Waals surface area contributed by atoms with Crippen LogP contribution in [0.4, 0.5) is 0 Å². The summed E-state index contributed by atoms with van der Waals surface area (Å²) in [5.41, 5.74) is 9.27. The average molecular weight is 546 g/mol. The first kappa shape index (κ1) is 24.2. The van der Waals surface area contributed by atoms with Gasteiger partial charge in [0.25, 0.3) is 0 Å². The zero-order valence-electron chi connectivity index (χ0n) is 22.4. The number of hydrogen-bond donors (Lipinski definition) is 1. The van der Waals surface area contributed by atoms with Gasteiger partial charge in [0.1, 0.15) is 11.2 Å². The standard InChI is InChI=1S/C37H27N3S/c1-4-13-25(14-5-1)31-23-32(26-15-6-2-7-16-26)39-36(38-31)30-22-28-21-20-24-12-10-11-19-29(24)33(28)34-35(30)41-37(40-34)27-17-8-3-9-18-27/h1-21,23,30,37,40H,22H2. The summed E-state index contributed by atoms with van der Waals surface area (Å²) in [4.78, 5) is 11.8. The molecular formula is C37H27N3S. The van der Waals surface area contributed by atoms with E-state index in [0.717, 1.165) is 34.8 Å². The van der Waals surface area contributed by atoms with Gasteiger partial charge < -0.3 is 5.32 Å². The van der Waals surface area contributed by atoms with E-state index in [4.69, 9.17) is 9.97 Å². The Morgan fingerprint density at radius 1 is 0.634 bits per heavy atom. The second-order valence-electron chi connectivity index (χ2n) is 10.6. The highest BCUT2D eigenvalue weighted by Crippen LogP contribution is 2.54. The molecule has 0 radical (unpaired) electrons. The van der Waals surface area contributed by atoms with Crippen molar-refractivity contribution in [3.05, 3.63) is 161 Å². The molecule has 1 aliphatic heterocycles. The van der Waals surface area contributed by atoms with E-state index in [-0.39, 0.29) is 11.3 Å².